The molecule has 0 aromatic heterocycles. The number of carbonyl (C=O) groups is 1. The van der Waals surface area contributed by atoms with Crippen molar-refractivity contribution in [2.75, 3.05) is 31.1 Å². The highest BCUT2D eigenvalue weighted by molar-refractivity contribution is 6.04. The van der Waals surface area contributed by atoms with E-state index in [1.165, 1.54) is 0 Å². The van der Waals surface area contributed by atoms with Gasteiger partial charge in [-0.15, -0.1) is 0 Å². The van der Waals surface area contributed by atoms with E-state index >= 15 is 0 Å². The molecule has 0 aliphatic heterocycles. The summed E-state index contributed by atoms with van der Waals surface area (Å²) in [6.07, 6.45) is 0. The Hall–Kier alpha value is -2.04. The molecule has 0 spiro atoms. The SMILES string of the molecule is CCN=C(NC(=O)N(CC)c1c(C)cccc1C)N(CC)CC. The monoisotopic (exact) mass is 318 g/mol. The molecule has 0 radical (unpaired) electrons. The normalized spacial score (nSPS) is 11.3. The minimum absolute atomic E-state index is 0.135. The predicted molar refractivity (Wildman–Crippen MR) is 98.4 cm³/mol. The maximum absolute atomic E-state index is 12.8. The summed E-state index contributed by atoms with van der Waals surface area (Å²) in [5.41, 5.74) is 3.17. The third-order valence-electron chi connectivity index (χ3n) is 3.86. The standard InChI is InChI=1S/C18H30N4O/c1-7-19-17(21(8-2)9-3)20-18(23)22(10-4)16-14(5)12-11-13-15(16)6/h11-13H,7-10H2,1-6H3,(H,19,20,23). The highest BCUT2D eigenvalue weighted by Crippen LogP contribution is 2.24. The molecule has 0 aliphatic rings. The van der Waals surface area contributed by atoms with Crippen molar-refractivity contribution in [1.82, 2.24) is 10.2 Å². The van der Waals surface area contributed by atoms with Crippen molar-refractivity contribution in [3.8, 4) is 0 Å². The largest absolute Gasteiger partial charge is 0.343 e. The molecular formula is C18H30N4O. The van der Waals surface area contributed by atoms with Gasteiger partial charge in [-0.25, -0.2) is 4.79 Å². The van der Waals surface area contributed by atoms with E-state index in [9.17, 15) is 4.79 Å². The summed E-state index contributed by atoms with van der Waals surface area (Å²) < 4.78 is 0. The quantitative estimate of drug-likeness (QED) is 0.666. The second kappa shape index (κ2) is 9.18. The number of aliphatic imine (C=N–C) groups is 1. The molecular weight excluding hydrogens is 288 g/mol. The topological polar surface area (TPSA) is 47.9 Å². The Morgan fingerprint density at radius 3 is 2.04 bits per heavy atom. The number of rotatable bonds is 5. The van der Waals surface area contributed by atoms with Crippen LogP contribution in [0.25, 0.3) is 0 Å². The molecule has 1 rings (SSSR count). The van der Waals surface area contributed by atoms with Gasteiger partial charge in [-0.3, -0.25) is 15.2 Å². The number of amides is 2. The Morgan fingerprint density at radius 1 is 1.04 bits per heavy atom. The molecule has 0 saturated carbocycles. The van der Waals surface area contributed by atoms with Crippen molar-refractivity contribution in [1.29, 1.82) is 0 Å². The molecule has 23 heavy (non-hydrogen) atoms. The van der Waals surface area contributed by atoms with Crippen LogP contribution in [0.1, 0.15) is 38.8 Å². The van der Waals surface area contributed by atoms with E-state index in [2.05, 4.69) is 29.1 Å². The molecule has 2 amide bonds. The number of anilines is 1. The summed E-state index contributed by atoms with van der Waals surface area (Å²) in [7, 11) is 0. The molecule has 0 heterocycles. The lowest BCUT2D eigenvalue weighted by atomic mass is 10.1. The molecule has 0 fully saturated rings. The minimum atomic E-state index is -0.135. The number of para-hydroxylation sites is 1. The van der Waals surface area contributed by atoms with E-state index < -0.39 is 0 Å². The number of hydrogen-bond donors (Lipinski definition) is 1. The molecule has 0 atom stereocenters. The first-order chi connectivity index (χ1) is 11.0. The number of hydrogen-bond acceptors (Lipinski definition) is 2. The lowest BCUT2D eigenvalue weighted by Gasteiger charge is -2.28. The molecule has 0 aliphatic carbocycles. The van der Waals surface area contributed by atoms with Crippen molar-refractivity contribution in [3.05, 3.63) is 29.3 Å². The third-order valence-corrected chi connectivity index (χ3v) is 3.86. The van der Waals surface area contributed by atoms with Crippen LogP contribution in [0.2, 0.25) is 0 Å². The summed E-state index contributed by atoms with van der Waals surface area (Å²) in [5.74, 6) is 0.646. The van der Waals surface area contributed by atoms with Crippen LogP contribution < -0.4 is 10.2 Å². The van der Waals surface area contributed by atoms with E-state index in [1.54, 1.807) is 4.90 Å². The number of aryl methyl sites for hydroxylation is 2. The number of urea groups is 1. The zero-order valence-corrected chi connectivity index (χ0v) is 15.3. The average Bonchev–Trinajstić information content (AvgIpc) is 2.52. The Bertz CT molecular complexity index is 530. The van der Waals surface area contributed by atoms with Gasteiger partial charge in [0.05, 0.1) is 5.69 Å². The van der Waals surface area contributed by atoms with Crippen LogP contribution in [-0.2, 0) is 0 Å². The zero-order valence-electron chi connectivity index (χ0n) is 15.3. The average molecular weight is 318 g/mol. The number of benzene rings is 1. The van der Waals surface area contributed by atoms with Crippen LogP contribution in [0, 0.1) is 13.8 Å². The van der Waals surface area contributed by atoms with Gasteiger partial charge in [0, 0.05) is 26.2 Å². The van der Waals surface area contributed by atoms with Gasteiger partial charge in [-0.1, -0.05) is 18.2 Å². The third kappa shape index (κ3) is 4.71. The lowest BCUT2D eigenvalue weighted by Crippen LogP contribution is -2.50. The van der Waals surface area contributed by atoms with Gasteiger partial charge in [0.25, 0.3) is 0 Å². The maximum atomic E-state index is 12.8. The second-order valence-electron chi connectivity index (χ2n) is 5.39. The van der Waals surface area contributed by atoms with Crippen molar-refractivity contribution in [2.45, 2.75) is 41.5 Å². The molecule has 0 unspecified atom stereocenters. The first-order valence-electron chi connectivity index (χ1n) is 8.44. The van der Waals surface area contributed by atoms with E-state index in [0.717, 1.165) is 29.9 Å². The predicted octanol–water partition coefficient (Wildman–Crippen LogP) is 3.56. The Balaban J connectivity index is 3.07. The molecule has 128 valence electrons. The molecule has 1 N–H and O–H groups in total. The van der Waals surface area contributed by atoms with E-state index in [-0.39, 0.29) is 6.03 Å². The van der Waals surface area contributed by atoms with Crippen LogP contribution in [0.4, 0.5) is 10.5 Å². The highest BCUT2D eigenvalue weighted by atomic mass is 16.2. The van der Waals surface area contributed by atoms with E-state index in [0.29, 0.717) is 19.0 Å². The number of nitrogens with one attached hydrogen (secondary N) is 1. The van der Waals surface area contributed by atoms with Gasteiger partial charge in [-0.2, -0.15) is 0 Å². The number of guanidine groups is 1. The molecule has 1 aromatic carbocycles. The zero-order chi connectivity index (χ0) is 17.4. The Kier molecular flexibility index (Phi) is 7.59. The van der Waals surface area contributed by atoms with Gasteiger partial charge in [-0.05, 0) is 52.7 Å². The van der Waals surface area contributed by atoms with E-state index in [1.807, 2.05) is 45.9 Å². The summed E-state index contributed by atoms with van der Waals surface area (Å²) in [5, 5.41) is 2.99. The van der Waals surface area contributed by atoms with Crippen molar-refractivity contribution < 1.29 is 4.79 Å². The fraction of sp³-hybridized carbons (Fsp3) is 0.556. The molecule has 1 aromatic rings. The smallest absolute Gasteiger partial charge is 0.328 e. The second-order valence-corrected chi connectivity index (χ2v) is 5.39. The Labute approximate surface area is 140 Å². The van der Waals surface area contributed by atoms with Gasteiger partial charge >= 0.3 is 6.03 Å². The summed E-state index contributed by atoms with van der Waals surface area (Å²) in [6, 6.07) is 5.94. The van der Waals surface area contributed by atoms with Crippen LogP contribution >= 0.6 is 0 Å². The molecule has 5 nitrogen and oxygen atoms in total. The summed E-state index contributed by atoms with van der Waals surface area (Å²) in [4.78, 5) is 21.1. The van der Waals surface area contributed by atoms with Crippen molar-refractivity contribution in [2.24, 2.45) is 4.99 Å². The molecule has 0 bridgehead atoms. The molecule has 5 heteroatoms. The highest BCUT2D eigenvalue weighted by Gasteiger charge is 2.20. The number of nitrogens with zero attached hydrogens (tertiary/aromatic N) is 3. The molecule has 0 saturated heterocycles. The van der Waals surface area contributed by atoms with Crippen molar-refractivity contribution >= 4 is 17.7 Å². The minimum Gasteiger partial charge on any atom is -0.343 e. The number of carbonyl (C=O) groups excluding carboxylic acids is 1. The van der Waals surface area contributed by atoms with E-state index in [4.69, 9.17) is 0 Å². The lowest BCUT2D eigenvalue weighted by molar-refractivity contribution is 0.249. The van der Waals surface area contributed by atoms with Gasteiger partial charge in [0.15, 0.2) is 0 Å². The first kappa shape index (κ1) is 19.0. The van der Waals surface area contributed by atoms with Gasteiger partial charge in [0.2, 0.25) is 5.96 Å². The van der Waals surface area contributed by atoms with Crippen LogP contribution in [0.3, 0.4) is 0 Å². The van der Waals surface area contributed by atoms with Crippen molar-refractivity contribution in [3.63, 3.8) is 0 Å². The van der Waals surface area contributed by atoms with Gasteiger partial charge < -0.3 is 4.90 Å². The van der Waals surface area contributed by atoms with Crippen LogP contribution in [-0.4, -0.2) is 43.1 Å². The van der Waals surface area contributed by atoms with Gasteiger partial charge in [0.1, 0.15) is 0 Å². The van der Waals surface area contributed by atoms with Crippen LogP contribution in [0.15, 0.2) is 23.2 Å². The first-order valence-corrected chi connectivity index (χ1v) is 8.44. The maximum Gasteiger partial charge on any atom is 0.328 e. The fourth-order valence-corrected chi connectivity index (χ4v) is 2.69. The summed E-state index contributed by atoms with van der Waals surface area (Å²) >= 11 is 0. The van der Waals surface area contributed by atoms with Crippen LogP contribution in [0.5, 0.6) is 0 Å². The fourth-order valence-electron chi connectivity index (χ4n) is 2.69. The summed E-state index contributed by atoms with van der Waals surface area (Å²) in [6.45, 7) is 15.0. The Morgan fingerprint density at radius 2 is 1.61 bits per heavy atom.